The van der Waals surface area contributed by atoms with E-state index in [2.05, 4.69) is 13.0 Å². The summed E-state index contributed by atoms with van der Waals surface area (Å²) in [6.45, 7) is 4.30. The monoisotopic (exact) mass is 363 g/mol. The van der Waals surface area contributed by atoms with Crippen molar-refractivity contribution in [1.82, 2.24) is 4.90 Å². The minimum absolute atomic E-state index is 0.0819. The molecule has 2 aliphatic rings. The smallest absolute Gasteiger partial charge is 0.226 e. The fourth-order valence-electron chi connectivity index (χ4n) is 3.54. The number of carbonyl (C=O) groups is 1. The maximum absolute atomic E-state index is 12.5. The van der Waals surface area contributed by atoms with Gasteiger partial charge in [0.25, 0.3) is 0 Å². The maximum Gasteiger partial charge on any atom is 0.226 e. The van der Waals surface area contributed by atoms with Gasteiger partial charge in [-0.15, -0.1) is 0 Å². The van der Waals surface area contributed by atoms with E-state index in [-0.39, 0.29) is 16.4 Å². The Morgan fingerprint density at radius 1 is 1.20 bits per heavy atom. The Labute approximate surface area is 149 Å². The van der Waals surface area contributed by atoms with Gasteiger partial charge in [0.15, 0.2) is 9.84 Å². The lowest BCUT2D eigenvalue weighted by Crippen LogP contribution is -2.48. The third kappa shape index (κ3) is 4.30. The van der Waals surface area contributed by atoms with Crippen molar-refractivity contribution in [3.63, 3.8) is 0 Å². The highest BCUT2D eigenvalue weighted by Gasteiger charge is 2.36. The molecule has 1 saturated heterocycles. The molecule has 1 spiro atoms. The highest BCUT2D eigenvalue weighted by atomic mass is 32.2. The molecule has 0 saturated carbocycles. The van der Waals surface area contributed by atoms with E-state index in [9.17, 15) is 13.2 Å². The number of hydrogen-bond donors (Lipinski definition) is 0. The highest BCUT2D eigenvalue weighted by molar-refractivity contribution is 7.90. The van der Waals surface area contributed by atoms with Crippen LogP contribution in [0.1, 0.15) is 31.7 Å². The predicted octanol–water partition coefficient (Wildman–Crippen LogP) is 2.36. The van der Waals surface area contributed by atoms with Crippen molar-refractivity contribution >= 4 is 15.7 Å². The minimum Gasteiger partial charge on any atom is -0.370 e. The largest absolute Gasteiger partial charge is 0.370 e. The minimum atomic E-state index is -3.20. The summed E-state index contributed by atoms with van der Waals surface area (Å²) in [6, 6.07) is 6.56. The molecule has 1 aromatic carbocycles. The second kappa shape index (κ2) is 6.92. The number of hydrogen-bond acceptors (Lipinski definition) is 4. The summed E-state index contributed by atoms with van der Waals surface area (Å²) in [5, 5.41) is 0. The average molecular weight is 363 g/mol. The van der Waals surface area contributed by atoms with Crippen molar-refractivity contribution < 1.29 is 17.9 Å². The van der Waals surface area contributed by atoms with Crippen molar-refractivity contribution in [3.05, 3.63) is 41.5 Å². The first kappa shape index (κ1) is 18.1. The number of amides is 1. The van der Waals surface area contributed by atoms with Crippen molar-refractivity contribution in [2.24, 2.45) is 0 Å². The molecule has 0 N–H and O–H groups in total. The van der Waals surface area contributed by atoms with Gasteiger partial charge in [0.05, 0.1) is 23.5 Å². The Morgan fingerprint density at radius 3 is 2.40 bits per heavy atom. The van der Waals surface area contributed by atoms with Crippen LogP contribution in [-0.4, -0.2) is 50.8 Å². The third-order valence-electron chi connectivity index (χ3n) is 5.06. The van der Waals surface area contributed by atoms with Gasteiger partial charge in [-0.25, -0.2) is 8.42 Å². The molecular weight excluding hydrogens is 338 g/mol. The number of benzene rings is 1. The molecule has 1 fully saturated rings. The summed E-state index contributed by atoms with van der Waals surface area (Å²) < 4.78 is 29.0. The van der Waals surface area contributed by atoms with Gasteiger partial charge in [0.2, 0.25) is 5.91 Å². The van der Waals surface area contributed by atoms with Gasteiger partial charge in [-0.3, -0.25) is 4.79 Å². The Morgan fingerprint density at radius 2 is 1.84 bits per heavy atom. The van der Waals surface area contributed by atoms with E-state index < -0.39 is 9.84 Å². The molecule has 6 heteroatoms. The van der Waals surface area contributed by atoms with Gasteiger partial charge in [-0.05, 0) is 43.9 Å². The first-order valence-electron chi connectivity index (χ1n) is 8.67. The van der Waals surface area contributed by atoms with Crippen molar-refractivity contribution in [2.45, 2.75) is 43.1 Å². The van der Waals surface area contributed by atoms with Gasteiger partial charge in [-0.1, -0.05) is 23.8 Å². The summed E-state index contributed by atoms with van der Waals surface area (Å²) in [7, 11) is -3.20. The van der Waals surface area contributed by atoms with Crippen molar-refractivity contribution in [2.75, 3.05) is 26.0 Å². The molecular formula is C19H25NO4S. The molecule has 0 bridgehead atoms. The van der Waals surface area contributed by atoms with Crippen LogP contribution in [0.2, 0.25) is 0 Å². The van der Waals surface area contributed by atoms with Crippen LogP contribution in [0.25, 0.3) is 0 Å². The van der Waals surface area contributed by atoms with E-state index in [1.165, 1.54) is 11.8 Å². The predicted molar refractivity (Wildman–Crippen MR) is 96.1 cm³/mol. The topological polar surface area (TPSA) is 63.7 Å². The van der Waals surface area contributed by atoms with Crippen LogP contribution in [0.4, 0.5) is 0 Å². The molecule has 2 heterocycles. The van der Waals surface area contributed by atoms with Gasteiger partial charge in [0, 0.05) is 19.3 Å². The fraction of sp³-hybridized carbons (Fsp3) is 0.526. The lowest BCUT2D eigenvalue weighted by atomic mass is 9.87. The molecule has 0 aliphatic carbocycles. The number of carbonyl (C=O) groups excluding carboxylic acids is 1. The quantitative estimate of drug-likeness (QED) is 0.774. The molecule has 25 heavy (non-hydrogen) atoms. The zero-order valence-electron chi connectivity index (χ0n) is 14.8. The molecule has 0 radical (unpaired) electrons. The standard InChI is InChI=1S/C19H25NO4S/c1-15-7-12-24-19(14-15)8-10-20(11-9-19)18(21)13-16-3-5-17(6-4-16)25(2,22)23/h3-6,14H,7-13H2,1-2H3. The number of rotatable bonds is 3. The number of nitrogens with zero attached hydrogens (tertiary/aromatic N) is 1. The third-order valence-corrected chi connectivity index (χ3v) is 6.19. The van der Waals surface area contributed by atoms with E-state index in [0.29, 0.717) is 19.5 Å². The summed E-state index contributed by atoms with van der Waals surface area (Å²) >= 11 is 0. The van der Waals surface area contributed by atoms with E-state index in [1.54, 1.807) is 24.3 Å². The second-order valence-corrected chi connectivity index (χ2v) is 9.14. The van der Waals surface area contributed by atoms with Crippen LogP contribution in [0.3, 0.4) is 0 Å². The van der Waals surface area contributed by atoms with Crippen molar-refractivity contribution in [1.29, 1.82) is 0 Å². The van der Waals surface area contributed by atoms with Crippen molar-refractivity contribution in [3.8, 4) is 0 Å². The second-order valence-electron chi connectivity index (χ2n) is 7.13. The number of likely N-dealkylation sites (tertiary alicyclic amines) is 1. The van der Waals surface area contributed by atoms with Crippen LogP contribution in [0.15, 0.2) is 40.8 Å². The molecule has 0 aromatic heterocycles. The van der Waals surface area contributed by atoms with E-state index in [4.69, 9.17) is 4.74 Å². The Balaban J connectivity index is 1.59. The summed E-state index contributed by atoms with van der Waals surface area (Å²) in [4.78, 5) is 14.7. The first-order valence-corrected chi connectivity index (χ1v) is 10.6. The molecule has 3 rings (SSSR count). The normalized spacial score (nSPS) is 20.4. The molecule has 1 amide bonds. The van der Waals surface area contributed by atoms with E-state index >= 15 is 0 Å². The molecule has 1 aromatic rings. The summed E-state index contributed by atoms with van der Waals surface area (Å²) in [5.74, 6) is 0.0819. The molecule has 5 nitrogen and oxygen atoms in total. The number of sulfone groups is 1. The number of ether oxygens (including phenoxy) is 1. The lowest BCUT2D eigenvalue weighted by molar-refractivity contribution is -0.135. The zero-order chi connectivity index (χ0) is 18.1. The van der Waals surface area contributed by atoms with Gasteiger partial charge in [0.1, 0.15) is 0 Å². The Bertz CT molecular complexity index is 772. The van der Waals surface area contributed by atoms with Crippen LogP contribution in [0, 0.1) is 0 Å². The van der Waals surface area contributed by atoms with Gasteiger partial charge in [-0.2, -0.15) is 0 Å². The SMILES string of the molecule is CC1=CC2(CCN(C(=O)Cc3ccc(S(C)(=O)=O)cc3)CC2)OCC1. The van der Waals surface area contributed by atoms with Crippen LogP contribution < -0.4 is 0 Å². The molecule has 0 unspecified atom stereocenters. The summed E-state index contributed by atoms with van der Waals surface area (Å²) in [6.07, 6.45) is 6.38. The van der Waals surface area contributed by atoms with Crippen LogP contribution in [-0.2, 0) is 25.8 Å². The lowest BCUT2D eigenvalue weighted by Gasteiger charge is -2.42. The average Bonchev–Trinajstić information content (AvgIpc) is 2.55. The maximum atomic E-state index is 12.5. The van der Waals surface area contributed by atoms with Gasteiger partial charge < -0.3 is 9.64 Å². The molecule has 136 valence electrons. The number of piperidine rings is 1. The van der Waals surface area contributed by atoms with E-state index in [0.717, 1.165) is 31.4 Å². The molecule has 0 atom stereocenters. The molecule has 2 aliphatic heterocycles. The Hall–Kier alpha value is -1.66. The fourth-order valence-corrected chi connectivity index (χ4v) is 4.17. The highest BCUT2D eigenvalue weighted by Crippen LogP contribution is 2.33. The van der Waals surface area contributed by atoms with Gasteiger partial charge >= 0.3 is 0 Å². The first-order chi connectivity index (χ1) is 11.8. The zero-order valence-corrected chi connectivity index (χ0v) is 15.6. The van der Waals surface area contributed by atoms with E-state index in [1.807, 2.05) is 4.90 Å². The summed E-state index contributed by atoms with van der Waals surface area (Å²) in [5.41, 5.74) is 2.02. The van der Waals surface area contributed by atoms with Crippen LogP contribution >= 0.6 is 0 Å². The Kier molecular flexibility index (Phi) is 5.02. The van der Waals surface area contributed by atoms with Crippen LogP contribution in [0.5, 0.6) is 0 Å².